The number of allylic oxidation sites excluding steroid dienone is 2. The van der Waals surface area contributed by atoms with Crippen LogP contribution in [0.1, 0.15) is 11.1 Å². The average molecular weight is 515 g/mol. The van der Waals surface area contributed by atoms with E-state index in [1.54, 1.807) is 30.5 Å². The highest BCUT2D eigenvalue weighted by Crippen LogP contribution is 2.41. The zero-order chi connectivity index (χ0) is 22.7. The number of dihydropyridines is 1. The first-order chi connectivity index (χ1) is 15.3. The van der Waals surface area contributed by atoms with Gasteiger partial charge in [0.1, 0.15) is 11.4 Å². The third-order valence-electron chi connectivity index (χ3n) is 4.99. The Balaban J connectivity index is 1.70. The Morgan fingerprint density at radius 1 is 1.12 bits per heavy atom. The van der Waals surface area contributed by atoms with Crippen molar-refractivity contribution in [2.45, 2.75) is 17.7 Å². The number of anilines is 1. The molecule has 2 aromatic rings. The summed E-state index contributed by atoms with van der Waals surface area (Å²) in [4.78, 5) is 12.4. The Kier molecular flexibility index (Phi) is 6.24. The van der Waals surface area contributed by atoms with Crippen LogP contribution in [0.25, 0.3) is 0 Å². The van der Waals surface area contributed by atoms with Crippen molar-refractivity contribution in [1.82, 2.24) is 5.32 Å². The Hall–Kier alpha value is -3.24. The standard InChI is InChI=1S/C22H19BrN4O4S/c23-15-5-7-16(8-6-15)32(30,31)27-19-13-20(21(28)18-4-2-1-3-17(18)19)25-26-22(29)14-9-11-24-12-10-14/h1-2,5-11,13,24,27-28H,3-4,12H2. The Labute approximate surface area is 193 Å². The molecule has 0 aromatic heterocycles. The summed E-state index contributed by atoms with van der Waals surface area (Å²) in [6.07, 6.45) is 9.54. The molecule has 0 saturated carbocycles. The minimum absolute atomic E-state index is 0.0134. The first-order valence-electron chi connectivity index (χ1n) is 9.72. The Bertz CT molecular complexity index is 1300. The minimum atomic E-state index is -3.88. The quantitative estimate of drug-likeness (QED) is 0.312. The fraction of sp³-hybridized carbons (Fsp3) is 0.136. The van der Waals surface area contributed by atoms with E-state index >= 15 is 0 Å². The number of benzene rings is 2. The summed E-state index contributed by atoms with van der Waals surface area (Å²) in [7, 11) is -3.88. The van der Waals surface area contributed by atoms with E-state index in [1.165, 1.54) is 18.2 Å². The van der Waals surface area contributed by atoms with Crippen LogP contribution < -0.4 is 10.0 Å². The van der Waals surface area contributed by atoms with Gasteiger partial charge in [0.25, 0.3) is 15.9 Å². The van der Waals surface area contributed by atoms with Crippen LogP contribution in [0.3, 0.4) is 0 Å². The van der Waals surface area contributed by atoms with Crippen LogP contribution in [-0.2, 0) is 27.7 Å². The number of fused-ring (bicyclic) bond motifs is 1. The molecule has 1 heterocycles. The summed E-state index contributed by atoms with van der Waals surface area (Å²) >= 11 is 3.29. The fourth-order valence-electron chi connectivity index (χ4n) is 3.36. The third-order valence-corrected chi connectivity index (χ3v) is 6.90. The number of nitrogens with one attached hydrogen (secondary N) is 2. The summed E-state index contributed by atoms with van der Waals surface area (Å²) in [6, 6.07) is 7.64. The number of hydrogen-bond acceptors (Lipinski definition) is 6. The fourth-order valence-corrected chi connectivity index (χ4v) is 4.71. The molecular formula is C22H19BrN4O4S. The van der Waals surface area contributed by atoms with Crippen molar-refractivity contribution >= 4 is 43.2 Å². The van der Waals surface area contributed by atoms with E-state index in [-0.39, 0.29) is 22.0 Å². The van der Waals surface area contributed by atoms with Gasteiger partial charge in [-0.3, -0.25) is 9.52 Å². The number of azo groups is 1. The van der Waals surface area contributed by atoms with Gasteiger partial charge in [-0.1, -0.05) is 34.2 Å². The van der Waals surface area contributed by atoms with Gasteiger partial charge in [-0.2, -0.15) is 0 Å². The molecule has 4 rings (SSSR count). The monoisotopic (exact) mass is 514 g/mol. The van der Waals surface area contributed by atoms with E-state index in [9.17, 15) is 18.3 Å². The smallest absolute Gasteiger partial charge is 0.295 e. The molecule has 32 heavy (non-hydrogen) atoms. The molecular weight excluding hydrogens is 496 g/mol. The van der Waals surface area contributed by atoms with Crippen LogP contribution >= 0.6 is 15.9 Å². The number of carbonyl (C=O) groups excluding carboxylic acids is 1. The minimum Gasteiger partial charge on any atom is -0.505 e. The molecule has 3 N–H and O–H groups in total. The van der Waals surface area contributed by atoms with Gasteiger partial charge in [0.15, 0.2) is 0 Å². The van der Waals surface area contributed by atoms with E-state index in [2.05, 4.69) is 36.2 Å². The summed E-state index contributed by atoms with van der Waals surface area (Å²) in [5.74, 6) is -0.681. The predicted octanol–water partition coefficient (Wildman–Crippen LogP) is 4.26. The Morgan fingerprint density at radius 3 is 2.53 bits per heavy atom. The molecule has 1 aliphatic carbocycles. The lowest BCUT2D eigenvalue weighted by Gasteiger charge is -2.20. The van der Waals surface area contributed by atoms with Gasteiger partial charge in [0.2, 0.25) is 0 Å². The van der Waals surface area contributed by atoms with Crippen molar-refractivity contribution in [3.05, 3.63) is 82.0 Å². The number of carbonyl (C=O) groups is 1. The number of hydrogen-bond donors (Lipinski definition) is 3. The summed E-state index contributed by atoms with van der Waals surface area (Å²) in [5, 5.41) is 21.3. The summed E-state index contributed by atoms with van der Waals surface area (Å²) < 4.78 is 29.2. The van der Waals surface area contributed by atoms with Crippen molar-refractivity contribution in [3.8, 4) is 5.75 Å². The molecule has 0 bridgehead atoms. The third kappa shape index (κ3) is 4.66. The largest absolute Gasteiger partial charge is 0.505 e. The molecule has 8 nitrogen and oxygen atoms in total. The SMILES string of the molecule is O=C(N=Nc1cc(NS(=O)(=O)c2ccc(Br)cc2)c2c(c1O)CC=CC2)C1=CCNC=C1. The molecule has 0 radical (unpaired) electrons. The number of halogens is 1. The maximum absolute atomic E-state index is 12.9. The molecule has 2 aliphatic rings. The number of aromatic hydroxyl groups is 1. The van der Waals surface area contributed by atoms with E-state index in [0.717, 1.165) is 4.47 Å². The lowest BCUT2D eigenvalue weighted by atomic mass is 9.93. The number of nitrogens with zero attached hydrogens (tertiary/aromatic N) is 2. The Morgan fingerprint density at radius 2 is 1.84 bits per heavy atom. The van der Waals surface area contributed by atoms with Gasteiger partial charge < -0.3 is 10.4 Å². The van der Waals surface area contributed by atoms with E-state index in [4.69, 9.17) is 0 Å². The molecule has 164 valence electrons. The van der Waals surface area contributed by atoms with Crippen LogP contribution in [0.15, 0.2) is 86.0 Å². The number of phenols is 1. The maximum atomic E-state index is 12.9. The normalized spacial score (nSPS) is 15.2. The highest BCUT2D eigenvalue weighted by Gasteiger charge is 2.23. The lowest BCUT2D eigenvalue weighted by Crippen LogP contribution is -2.15. The number of sulfonamides is 1. The van der Waals surface area contributed by atoms with Crippen LogP contribution in [0.5, 0.6) is 5.75 Å². The van der Waals surface area contributed by atoms with Crippen molar-refractivity contribution in [2.75, 3.05) is 11.3 Å². The van der Waals surface area contributed by atoms with Crippen molar-refractivity contribution < 1.29 is 18.3 Å². The topological polar surface area (TPSA) is 120 Å². The van der Waals surface area contributed by atoms with E-state index in [1.807, 2.05) is 12.2 Å². The number of amides is 1. The highest BCUT2D eigenvalue weighted by atomic mass is 79.9. The maximum Gasteiger partial charge on any atom is 0.295 e. The van der Waals surface area contributed by atoms with Crippen molar-refractivity contribution in [2.24, 2.45) is 10.2 Å². The molecule has 0 unspecified atom stereocenters. The van der Waals surface area contributed by atoms with E-state index in [0.29, 0.717) is 36.1 Å². The molecule has 1 aliphatic heterocycles. The molecule has 0 spiro atoms. The van der Waals surface area contributed by atoms with Crippen LogP contribution in [-0.4, -0.2) is 26.0 Å². The second kappa shape index (κ2) is 9.09. The number of phenolic OH excluding ortho intramolecular Hbond substituents is 1. The van der Waals surface area contributed by atoms with Gasteiger partial charge in [-0.25, -0.2) is 8.42 Å². The van der Waals surface area contributed by atoms with E-state index < -0.39 is 15.9 Å². The molecule has 0 saturated heterocycles. The van der Waals surface area contributed by atoms with Crippen LogP contribution in [0, 0.1) is 0 Å². The molecule has 10 heteroatoms. The molecule has 0 atom stereocenters. The zero-order valence-electron chi connectivity index (χ0n) is 16.7. The van der Waals surface area contributed by atoms with Crippen LogP contribution in [0.4, 0.5) is 11.4 Å². The first kappa shape index (κ1) is 22.0. The van der Waals surface area contributed by atoms with Gasteiger partial charge in [-0.05, 0) is 61.0 Å². The number of rotatable bonds is 5. The molecule has 0 fully saturated rings. The van der Waals surface area contributed by atoms with Gasteiger partial charge >= 0.3 is 0 Å². The summed E-state index contributed by atoms with van der Waals surface area (Å²) in [6.45, 7) is 0.505. The van der Waals surface area contributed by atoms with Crippen molar-refractivity contribution in [3.63, 3.8) is 0 Å². The van der Waals surface area contributed by atoms with Crippen LogP contribution in [0.2, 0.25) is 0 Å². The van der Waals surface area contributed by atoms with Gasteiger partial charge in [0.05, 0.1) is 10.6 Å². The second-order valence-electron chi connectivity index (χ2n) is 7.09. The molecule has 1 amide bonds. The highest BCUT2D eigenvalue weighted by molar-refractivity contribution is 9.10. The second-order valence-corrected chi connectivity index (χ2v) is 9.69. The predicted molar refractivity (Wildman–Crippen MR) is 124 cm³/mol. The van der Waals surface area contributed by atoms with Crippen molar-refractivity contribution in [1.29, 1.82) is 0 Å². The molecule has 2 aromatic carbocycles. The lowest BCUT2D eigenvalue weighted by molar-refractivity contribution is -0.114. The summed E-state index contributed by atoms with van der Waals surface area (Å²) in [5.41, 5.74) is 1.88. The first-order valence-corrected chi connectivity index (χ1v) is 12.0. The zero-order valence-corrected chi connectivity index (χ0v) is 19.1. The van der Waals surface area contributed by atoms with Gasteiger partial charge in [-0.15, -0.1) is 10.2 Å². The average Bonchev–Trinajstić information content (AvgIpc) is 2.80. The van der Waals surface area contributed by atoms with Gasteiger partial charge in [0, 0.05) is 22.2 Å².